The number of rotatable bonds is 6. The third kappa shape index (κ3) is 10.2. The van der Waals surface area contributed by atoms with E-state index in [4.69, 9.17) is 19.4 Å². The molecule has 2 aromatic carbocycles. The van der Waals surface area contributed by atoms with Gasteiger partial charge in [-0.3, -0.25) is 0 Å². The van der Waals surface area contributed by atoms with E-state index in [1.54, 1.807) is 0 Å². The Bertz CT molecular complexity index is 2150. The van der Waals surface area contributed by atoms with Crippen LogP contribution in [0.5, 0.6) is 0 Å². The van der Waals surface area contributed by atoms with Gasteiger partial charge in [0.15, 0.2) is 0 Å². The molecule has 0 N–H and O–H groups in total. The molecule has 4 heterocycles. The monoisotopic (exact) mass is 900 g/mol. The van der Waals surface area contributed by atoms with Crippen molar-refractivity contribution in [3.8, 4) is 22.5 Å². The van der Waals surface area contributed by atoms with Gasteiger partial charge in [-0.2, -0.15) is 0 Å². The molecule has 0 saturated heterocycles. The molecule has 1 saturated carbocycles. The van der Waals surface area contributed by atoms with Crippen LogP contribution in [0, 0.1) is 29.9 Å². The molecule has 0 atom stereocenters. The molecule has 281 valence electrons. The predicted molar refractivity (Wildman–Crippen MR) is 222 cm³/mol. The second-order valence-electron chi connectivity index (χ2n) is 18.3. The number of fused-ring (bicyclic) bond motifs is 3. The van der Waals surface area contributed by atoms with Crippen molar-refractivity contribution in [2.75, 3.05) is 0 Å². The third-order valence-corrected chi connectivity index (χ3v) is 12.1. The maximum Gasteiger partial charge on any atom is 0.216 e. The zero-order valence-electron chi connectivity index (χ0n) is 33.5. The largest absolute Gasteiger partial charge is 0.486 e. The Morgan fingerprint density at radius 3 is 2.09 bits per heavy atom. The first kappa shape index (κ1) is 40.7. The molecule has 1 aliphatic carbocycles. The van der Waals surface area contributed by atoms with Crippen LogP contribution in [0.4, 0.5) is 0 Å². The van der Waals surface area contributed by atoms with Crippen molar-refractivity contribution in [2.45, 2.75) is 119 Å². The van der Waals surface area contributed by atoms with E-state index in [1.165, 1.54) is 59.7 Å². The molecular weight excluding hydrogens is 843 g/mol. The topological polar surface area (TPSA) is 51.8 Å². The van der Waals surface area contributed by atoms with Gasteiger partial charge in [-0.1, -0.05) is 115 Å². The minimum absolute atomic E-state index is 0. The first-order valence-electron chi connectivity index (χ1n) is 19.2. The van der Waals surface area contributed by atoms with Crippen LogP contribution in [0.2, 0.25) is 19.6 Å². The summed E-state index contributed by atoms with van der Waals surface area (Å²) in [4.78, 5) is 14.4. The van der Waals surface area contributed by atoms with Crippen molar-refractivity contribution >= 4 is 35.3 Å². The van der Waals surface area contributed by atoms with E-state index in [9.17, 15) is 0 Å². The first-order valence-corrected chi connectivity index (χ1v) is 22.7. The first-order chi connectivity index (χ1) is 24.6. The average Bonchev–Trinajstić information content (AvgIpc) is 3.47. The summed E-state index contributed by atoms with van der Waals surface area (Å²) in [6, 6.07) is 27.7. The minimum Gasteiger partial charge on any atom is -0.486 e. The minimum atomic E-state index is -1.37. The summed E-state index contributed by atoms with van der Waals surface area (Å²) in [6.07, 6.45) is 12.6. The second-order valence-corrected chi connectivity index (χ2v) is 23.4. The molecule has 4 nitrogen and oxygen atoms in total. The maximum atomic E-state index is 6.36. The summed E-state index contributed by atoms with van der Waals surface area (Å²) in [7, 11) is -1.37. The van der Waals surface area contributed by atoms with Crippen LogP contribution in [0.15, 0.2) is 77.5 Å². The summed E-state index contributed by atoms with van der Waals surface area (Å²) < 4.78 is 6.36. The van der Waals surface area contributed by atoms with Crippen molar-refractivity contribution in [1.29, 1.82) is 0 Å². The molecule has 0 amide bonds. The number of hydrogen-bond acceptors (Lipinski definition) is 4. The Morgan fingerprint density at radius 2 is 1.43 bits per heavy atom. The van der Waals surface area contributed by atoms with E-state index in [-0.39, 0.29) is 30.9 Å². The molecule has 6 aromatic rings. The SMILES string of the molecule is CC(C)(C)Cc1cc(-c2[c-]cccc2)ncc1[Si](C)(C)C.Cc1cnc(-c2[c-]ccc3c2oc2nc(C4CCCCC4)ccc23)cc1CC(C)(C)C.[Ir]. The van der Waals surface area contributed by atoms with Crippen LogP contribution >= 0.6 is 0 Å². The summed E-state index contributed by atoms with van der Waals surface area (Å²) >= 11 is 0. The van der Waals surface area contributed by atoms with Crippen molar-refractivity contribution in [1.82, 2.24) is 15.0 Å². The zero-order chi connectivity index (χ0) is 37.3. The van der Waals surface area contributed by atoms with Gasteiger partial charge in [-0.25, -0.2) is 4.98 Å². The number of furan rings is 1. The molecule has 0 bridgehead atoms. The molecule has 0 spiro atoms. The molecule has 1 aliphatic rings. The van der Waals surface area contributed by atoms with Crippen molar-refractivity contribution in [3.05, 3.63) is 108 Å². The Hall–Kier alpha value is -3.44. The van der Waals surface area contributed by atoms with Gasteiger partial charge in [0, 0.05) is 49.5 Å². The summed E-state index contributed by atoms with van der Waals surface area (Å²) in [6.45, 7) is 23.0. The Labute approximate surface area is 333 Å². The van der Waals surface area contributed by atoms with Crippen LogP contribution < -0.4 is 5.19 Å². The molecule has 6 heteroatoms. The zero-order valence-corrected chi connectivity index (χ0v) is 36.9. The number of aromatic nitrogens is 3. The van der Waals surface area contributed by atoms with Crippen LogP contribution in [-0.2, 0) is 32.9 Å². The fourth-order valence-corrected chi connectivity index (χ4v) is 9.08. The number of pyridine rings is 3. The van der Waals surface area contributed by atoms with Gasteiger partial charge in [0.05, 0.1) is 13.7 Å². The fourth-order valence-electron chi connectivity index (χ4n) is 7.51. The molecule has 4 aromatic heterocycles. The van der Waals surface area contributed by atoms with Gasteiger partial charge in [-0.15, -0.1) is 54.1 Å². The van der Waals surface area contributed by atoms with E-state index in [1.807, 2.05) is 30.5 Å². The van der Waals surface area contributed by atoms with Gasteiger partial charge in [0.2, 0.25) is 5.71 Å². The van der Waals surface area contributed by atoms with Gasteiger partial charge in [0.1, 0.15) is 0 Å². The van der Waals surface area contributed by atoms with Crippen molar-refractivity contribution in [2.24, 2.45) is 10.8 Å². The van der Waals surface area contributed by atoms with E-state index >= 15 is 0 Å². The smallest absolute Gasteiger partial charge is 0.216 e. The van der Waals surface area contributed by atoms with E-state index in [2.05, 4.69) is 123 Å². The molecule has 0 aliphatic heterocycles. The van der Waals surface area contributed by atoms with Gasteiger partial charge in [0.25, 0.3) is 0 Å². The van der Waals surface area contributed by atoms with Crippen molar-refractivity contribution < 1.29 is 24.5 Å². The van der Waals surface area contributed by atoms with Crippen molar-refractivity contribution in [3.63, 3.8) is 0 Å². The Balaban J connectivity index is 0.000000216. The molecule has 0 unspecified atom stereocenters. The number of aryl methyl sites for hydroxylation is 1. The average molecular weight is 900 g/mol. The van der Waals surface area contributed by atoms with E-state index in [0.29, 0.717) is 5.92 Å². The van der Waals surface area contributed by atoms with E-state index < -0.39 is 8.07 Å². The van der Waals surface area contributed by atoms with Gasteiger partial charge in [-0.05, 0) is 77.7 Å². The molecule has 1 radical (unpaired) electrons. The van der Waals surface area contributed by atoms with Crippen LogP contribution in [0.1, 0.15) is 102 Å². The predicted octanol–water partition coefficient (Wildman–Crippen LogP) is 12.5. The number of nitrogens with zero attached hydrogens (tertiary/aromatic N) is 3. The summed E-state index contributed by atoms with van der Waals surface area (Å²) in [5, 5.41) is 3.65. The molecular formula is C47H57IrN3OSi-2. The van der Waals surface area contributed by atoms with Crippen LogP contribution in [0.25, 0.3) is 44.6 Å². The standard InChI is InChI=1S/C28H31N2O.C19H26NSi.Ir/c1-18-17-29-25(15-20(18)16-28(2,3)4)23-12-8-11-21-22-13-14-24(19-9-6-5-7-10-19)30-27(22)31-26(21)23;1-19(2,3)13-16-12-17(15-10-8-7-9-11-15)20-14-18(16)21(4,5)6;/h8,11,13-15,17,19H,5-7,9-10,16H2,1-4H3;7-10,12,14H,13H2,1-6H3;/q2*-1;. The van der Waals surface area contributed by atoms with E-state index in [0.717, 1.165) is 57.4 Å². The molecule has 53 heavy (non-hydrogen) atoms. The maximum absolute atomic E-state index is 6.36. The number of benzene rings is 2. The molecule has 7 rings (SSSR count). The quantitative estimate of drug-likeness (QED) is 0.123. The Kier molecular flexibility index (Phi) is 12.7. The van der Waals surface area contributed by atoms with Gasteiger partial charge < -0.3 is 14.4 Å². The second kappa shape index (κ2) is 16.5. The summed E-state index contributed by atoms with van der Waals surface area (Å²) in [5.41, 5.74) is 11.2. The Morgan fingerprint density at radius 1 is 0.755 bits per heavy atom. The number of hydrogen-bond donors (Lipinski definition) is 0. The third-order valence-electron chi connectivity index (χ3n) is 10.0. The normalized spacial score (nSPS) is 14.2. The van der Waals surface area contributed by atoms with Gasteiger partial charge >= 0.3 is 0 Å². The van der Waals surface area contributed by atoms with Crippen LogP contribution in [-0.4, -0.2) is 23.0 Å². The fraction of sp³-hybridized carbons (Fsp3) is 0.426. The summed E-state index contributed by atoms with van der Waals surface area (Å²) in [5.74, 6) is 0.566. The van der Waals surface area contributed by atoms with Crippen LogP contribution in [0.3, 0.4) is 0 Å². The molecule has 1 fully saturated rings.